The number of hydrogen-bond acceptors (Lipinski definition) is 4. The molecule has 0 radical (unpaired) electrons. The normalized spacial score (nSPS) is 14.2. The molecule has 0 bridgehead atoms. The van der Waals surface area contributed by atoms with Crippen molar-refractivity contribution in [3.8, 4) is 0 Å². The third kappa shape index (κ3) is 3.94. The summed E-state index contributed by atoms with van der Waals surface area (Å²) in [6, 6.07) is 3.89. The fourth-order valence-electron chi connectivity index (χ4n) is 3.76. The second-order valence-electron chi connectivity index (χ2n) is 7.90. The monoisotopic (exact) mass is 417 g/mol. The molecular weight excluding hydrogens is 392 g/mol. The molecule has 0 saturated heterocycles. The Bertz CT molecular complexity index is 1190. The smallest absolute Gasteiger partial charge is 0.324 e. The van der Waals surface area contributed by atoms with Gasteiger partial charge in [0.15, 0.2) is 11.2 Å². The Morgan fingerprint density at radius 3 is 2.67 bits per heavy atom. The highest BCUT2D eigenvalue weighted by molar-refractivity contribution is 5.70. The van der Waals surface area contributed by atoms with Crippen LogP contribution >= 0.6 is 0 Å². The lowest BCUT2D eigenvalue weighted by atomic mass is 10.2. The summed E-state index contributed by atoms with van der Waals surface area (Å²) in [7, 11) is 1.75. The van der Waals surface area contributed by atoms with E-state index < -0.39 is 22.9 Å². The van der Waals surface area contributed by atoms with Crippen molar-refractivity contribution in [2.45, 2.75) is 58.3 Å². The predicted octanol–water partition coefficient (Wildman–Crippen LogP) is 2.67. The number of aromatic amines is 1. The highest BCUT2D eigenvalue weighted by Gasteiger charge is 2.31. The van der Waals surface area contributed by atoms with Crippen molar-refractivity contribution in [2.75, 3.05) is 0 Å². The molecule has 1 aliphatic carbocycles. The quantitative estimate of drug-likeness (QED) is 0.612. The molecule has 0 aliphatic heterocycles. The molecule has 0 spiro atoms. The van der Waals surface area contributed by atoms with E-state index in [0.717, 1.165) is 31.7 Å². The van der Waals surface area contributed by atoms with Gasteiger partial charge in [0.25, 0.3) is 5.56 Å². The Morgan fingerprint density at radius 1 is 1.23 bits per heavy atom. The number of hydrogen-bond donors (Lipinski definition) is 1. The van der Waals surface area contributed by atoms with E-state index in [1.165, 1.54) is 16.7 Å². The van der Waals surface area contributed by atoms with Crippen LogP contribution < -0.4 is 11.2 Å². The zero-order chi connectivity index (χ0) is 21.4. The van der Waals surface area contributed by atoms with Gasteiger partial charge in [-0.3, -0.25) is 19.2 Å². The van der Waals surface area contributed by atoms with Crippen LogP contribution in [0.3, 0.4) is 0 Å². The van der Waals surface area contributed by atoms with E-state index in [9.17, 15) is 18.4 Å². The van der Waals surface area contributed by atoms with Crippen LogP contribution in [-0.2, 0) is 26.7 Å². The highest BCUT2D eigenvalue weighted by Crippen LogP contribution is 2.30. The van der Waals surface area contributed by atoms with Crippen LogP contribution in [0.5, 0.6) is 0 Å². The molecular formula is C21H25F2N5O2. The molecule has 9 heteroatoms. The largest absolute Gasteiger partial charge is 0.330 e. The first-order valence-electron chi connectivity index (χ1n) is 10.3. The summed E-state index contributed by atoms with van der Waals surface area (Å²) < 4.78 is 30.6. The Hall–Kier alpha value is -2.81. The molecule has 1 aromatic carbocycles. The maximum absolute atomic E-state index is 14.2. The molecule has 0 unspecified atom stereocenters. The van der Waals surface area contributed by atoms with Gasteiger partial charge in [0.1, 0.15) is 17.5 Å². The van der Waals surface area contributed by atoms with Gasteiger partial charge in [0.2, 0.25) is 0 Å². The zero-order valence-corrected chi connectivity index (χ0v) is 17.1. The Kier molecular flexibility index (Phi) is 5.55. The second kappa shape index (κ2) is 8.14. The average molecular weight is 417 g/mol. The average Bonchev–Trinajstić information content (AvgIpc) is 3.48. The third-order valence-electron chi connectivity index (χ3n) is 5.64. The Balaban J connectivity index is 1.69. The van der Waals surface area contributed by atoms with Gasteiger partial charge in [-0.2, -0.15) is 0 Å². The number of nitrogens with zero attached hydrogens (tertiary/aromatic N) is 4. The topological polar surface area (TPSA) is 75.9 Å². The first-order chi connectivity index (χ1) is 14.4. The van der Waals surface area contributed by atoms with Crippen LogP contribution in [0.1, 0.15) is 44.0 Å². The summed E-state index contributed by atoms with van der Waals surface area (Å²) in [6.07, 6.45) is 3.69. The van der Waals surface area contributed by atoms with Gasteiger partial charge in [0.05, 0.1) is 6.54 Å². The maximum Gasteiger partial charge on any atom is 0.330 e. The molecule has 1 aliphatic rings. The van der Waals surface area contributed by atoms with E-state index in [0.29, 0.717) is 42.2 Å². The molecule has 30 heavy (non-hydrogen) atoms. The van der Waals surface area contributed by atoms with Gasteiger partial charge < -0.3 is 4.57 Å². The summed E-state index contributed by atoms with van der Waals surface area (Å²) in [5.74, 6) is -0.551. The van der Waals surface area contributed by atoms with Crippen molar-refractivity contribution < 1.29 is 8.78 Å². The lowest BCUT2D eigenvalue weighted by molar-refractivity contribution is 0.234. The number of imidazole rings is 1. The fraction of sp³-hybridized carbons (Fsp3) is 0.476. The molecule has 160 valence electrons. The number of fused-ring (bicyclic) bond motifs is 1. The van der Waals surface area contributed by atoms with Gasteiger partial charge in [-0.05, 0) is 25.3 Å². The molecule has 1 saturated carbocycles. The number of aromatic nitrogens is 4. The number of H-pyrrole nitrogens is 1. The zero-order valence-electron chi connectivity index (χ0n) is 17.1. The molecule has 0 amide bonds. The van der Waals surface area contributed by atoms with E-state index in [2.05, 4.69) is 14.9 Å². The van der Waals surface area contributed by atoms with E-state index in [-0.39, 0.29) is 6.04 Å². The Morgan fingerprint density at radius 2 is 2.00 bits per heavy atom. The summed E-state index contributed by atoms with van der Waals surface area (Å²) in [5, 5.41) is 0. The number of rotatable bonds is 8. The predicted molar refractivity (Wildman–Crippen MR) is 109 cm³/mol. The lowest BCUT2D eigenvalue weighted by Gasteiger charge is -2.22. The SMILES string of the molecule is CCCCn1c(=O)[nH]c(=O)c2c1nc(CN(Cc1ccc(F)cc1F)C1CC1)n2C. The maximum atomic E-state index is 14.2. The van der Waals surface area contributed by atoms with Crippen LogP contribution in [-0.4, -0.2) is 30.0 Å². The highest BCUT2D eigenvalue weighted by atomic mass is 19.1. The van der Waals surface area contributed by atoms with Gasteiger partial charge in [-0.15, -0.1) is 0 Å². The number of unbranched alkanes of at least 4 members (excludes halogenated alkanes) is 1. The van der Waals surface area contributed by atoms with Crippen molar-refractivity contribution >= 4 is 11.2 Å². The fourth-order valence-corrected chi connectivity index (χ4v) is 3.76. The van der Waals surface area contributed by atoms with E-state index >= 15 is 0 Å². The number of halogens is 2. The molecule has 0 atom stereocenters. The second-order valence-corrected chi connectivity index (χ2v) is 7.90. The Labute approximate surface area is 172 Å². The molecule has 1 fully saturated rings. The molecule has 3 aromatic rings. The van der Waals surface area contributed by atoms with Gasteiger partial charge in [-0.1, -0.05) is 19.4 Å². The van der Waals surface area contributed by atoms with Crippen LogP contribution in [0.2, 0.25) is 0 Å². The van der Waals surface area contributed by atoms with Crippen LogP contribution in [0.25, 0.3) is 11.2 Å². The van der Waals surface area contributed by atoms with Crippen LogP contribution in [0.15, 0.2) is 27.8 Å². The van der Waals surface area contributed by atoms with Crippen LogP contribution in [0, 0.1) is 11.6 Å². The minimum atomic E-state index is -0.603. The molecule has 2 aromatic heterocycles. The number of aryl methyl sites for hydroxylation is 2. The minimum absolute atomic E-state index is 0.287. The molecule has 1 N–H and O–H groups in total. The summed E-state index contributed by atoms with van der Waals surface area (Å²) in [4.78, 5) is 33.8. The van der Waals surface area contributed by atoms with Crippen molar-refractivity contribution in [3.05, 3.63) is 62.1 Å². The van der Waals surface area contributed by atoms with Gasteiger partial charge >= 0.3 is 5.69 Å². The standard InChI is InChI=1S/C21H25F2N5O2/c1-3-4-9-28-19-18(20(29)25-21(28)30)26(2)17(24-19)12-27(15-7-8-15)11-13-5-6-14(22)10-16(13)23/h5-6,10,15H,3-4,7-9,11-12H2,1-2H3,(H,25,29,30). The number of nitrogens with one attached hydrogen (secondary N) is 1. The van der Waals surface area contributed by atoms with Crippen molar-refractivity contribution in [3.63, 3.8) is 0 Å². The molecule has 7 nitrogen and oxygen atoms in total. The first-order valence-corrected chi connectivity index (χ1v) is 10.3. The van der Waals surface area contributed by atoms with E-state index in [4.69, 9.17) is 0 Å². The molecule has 2 heterocycles. The lowest BCUT2D eigenvalue weighted by Crippen LogP contribution is -2.31. The third-order valence-corrected chi connectivity index (χ3v) is 5.64. The minimum Gasteiger partial charge on any atom is -0.324 e. The van der Waals surface area contributed by atoms with Crippen LogP contribution in [0.4, 0.5) is 8.78 Å². The van der Waals surface area contributed by atoms with E-state index in [1.807, 2.05) is 6.92 Å². The molecule has 4 rings (SSSR count). The summed E-state index contributed by atoms with van der Waals surface area (Å²) in [6.45, 7) is 3.22. The van der Waals surface area contributed by atoms with Crippen molar-refractivity contribution in [1.82, 2.24) is 24.0 Å². The van der Waals surface area contributed by atoms with Gasteiger partial charge in [-0.25, -0.2) is 18.6 Å². The summed E-state index contributed by atoms with van der Waals surface area (Å²) in [5.41, 5.74) is 0.215. The van der Waals surface area contributed by atoms with Gasteiger partial charge in [0, 0.05) is 37.8 Å². The summed E-state index contributed by atoms with van der Waals surface area (Å²) >= 11 is 0. The van der Waals surface area contributed by atoms with E-state index in [1.54, 1.807) is 11.6 Å². The first kappa shape index (κ1) is 20.5. The number of benzene rings is 1. The van der Waals surface area contributed by atoms with Crippen molar-refractivity contribution in [2.24, 2.45) is 7.05 Å². The van der Waals surface area contributed by atoms with Crippen molar-refractivity contribution in [1.29, 1.82) is 0 Å².